The van der Waals surface area contributed by atoms with Crippen molar-refractivity contribution in [2.75, 3.05) is 7.11 Å². The number of nitrogens with one attached hydrogen (secondary N) is 2. The zero-order chi connectivity index (χ0) is 18.1. The van der Waals surface area contributed by atoms with Crippen molar-refractivity contribution in [1.29, 1.82) is 0 Å². The number of hydrogen-bond acceptors (Lipinski definition) is 5. The number of methoxy groups -OCH3 is 1. The molecule has 0 aliphatic heterocycles. The molecule has 6 nitrogen and oxygen atoms in total. The zero-order valence-electron chi connectivity index (χ0n) is 14.0. The van der Waals surface area contributed by atoms with E-state index in [9.17, 15) is 14.7 Å². The number of carbonyl (C=O) groups is 2. The lowest BCUT2D eigenvalue weighted by Gasteiger charge is -2.21. The molecule has 2 atom stereocenters. The van der Waals surface area contributed by atoms with E-state index < -0.39 is 24.0 Å². The fraction of sp³-hybridized carbons (Fsp3) is 0.263. The Morgan fingerprint density at radius 1 is 0.880 bits per heavy atom. The average molecular weight is 342 g/mol. The molecule has 2 rings (SSSR count). The summed E-state index contributed by atoms with van der Waals surface area (Å²) in [5.41, 5.74) is 7.41. The van der Waals surface area contributed by atoms with Crippen molar-refractivity contribution >= 4 is 11.9 Å². The van der Waals surface area contributed by atoms with E-state index >= 15 is 0 Å². The van der Waals surface area contributed by atoms with Gasteiger partial charge in [-0.2, -0.15) is 0 Å². The monoisotopic (exact) mass is 342 g/mol. The number of carbonyl (C=O) groups excluding carboxylic acids is 1. The summed E-state index contributed by atoms with van der Waals surface area (Å²) in [5.74, 6) is -1.46. The highest BCUT2D eigenvalue weighted by molar-refractivity contribution is 5.76. The number of hydrazine groups is 1. The molecule has 0 fully saturated rings. The lowest BCUT2D eigenvalue weighted by atomic mass is 10.1. The summed E-state index contributed by atoms with van der Waals surface area (Å²) in [5, 5.41) is 9.41. The van der Waals surface area contributed by atoms with Crippen LogP contribution in [0.1, 0.15) is 11.1 Å². The SMILES string of the molecule is COC(=O)[C@H](Cc1ccccc1)NN[C@@H](Cc1ccccc1)C(=O)O. The summed E-state index contributed by atoms with van der Waals surface area (Å²) in [6.07, 6.45) is 0.681. The predicted octanol–water partition coefficient (Wildman–Crippen LogP) is 1.56. The predicted molar refractivity (Wildman–Crippen MR) is 93.8 cm³/mol. The molecule has 2 aromatic carbocycles. The molecule has 0 radical (unpaired) electrons. The highest BCUT2D eigenvalue weighted by Crippen LogP contribution is 2.06. The van der Waals surface area contributed by atoms with E-state index in [0.29, 0.717) is 12.8 Å². The number of benzene rings is 2. The van der Waals surface area contributed by atoms with Gasteiger partial charge in [-0.05, 0) is 24.0 Å². The maximum absolute atomic E-state index is 12.0. The van der Waals surface area contributed by atoms with E-state index in [4.69, 9.17) is 4.74 Å². The molecule has 132 valence electrons. The first kappa shape index (κ1) is 18.6. The van der Waals surface area contributed by atoms with Crippen LogP contribution in [0.4, 0.5) is 0 Å². The van der Waals surface area contributed by atoms with E-state index in [1.54, 1.807) is 0 Å². The van der Waals surface area contributed by atoms with Crippen LogP contribution < -0.4 is 10.9 Å². The third kappa shape index (κ3) is 6.02. The summed E-state index contributed by atoms with van der Waals surface area (Å²) < 4.78 is 4.81. The van der Waals surface area contributed by atoms with Crippen molar-refractivity contribution < 1.29 is 19.4 Å². The molecule has 6 heteroatoms. The molecule has 0 saturated heterocycles. The number of esters is 1. The van der Waals surface area contributed by atoms with E-state index in [1.807, 2.05) is 60.7 Å². The summed E-state index contributed by atoms with van der Waals surface area (Å²) in [7, 11) is 1.31. The minimum absolute atomic E-state index is 0.294. The Bertz CT molecular complexity index is 676. The first-order chi connectivity index (χ1) is 12.1. The molecule has 0 amide bonds. The van der Waals surface area contributed by atoms with Crippen LogP contribution in [0.2, 0.25) is 0 Å². The molecule has 0 aliphatic rings. The van der Waals surface area contributed by atoms with Crippen molar-refractivity contribution in [3.8, 4) is 0 Å². The fourth-order valence-corrected chi connectivity index (χ4v) is 2.44. The standard InChI is InChI=1S/C19H22N2O4/c1-25-19(24)17(13-15-10-6-3-7-11-15)21-20-16(18(22)23)12-14-8-4-2-5-9-14/h2-11,16-17,20-21H,12-13H2,1H3,(H,22,23)/t16-,17-/m0/s1. The van der Waals surface area contributed by atoms with Gasteiger partial charge in [0.2, 0.25) is 0 Å². The molecule has 0 saturated carbocycles. The topological polar surface area (TPSA) is 87.7 Å². The van der Waals surface area contributed by atoms with Crippen LogP contribution in [0.5, 0.6) is 0 Å². The maximum atomic E-state index is 12.0. The van der Waals surface area contributed by atoms with Gasteiger partial charge in [0.15, 0.2) is 0 Å². The number of carboxylic acid groups (broad SMARTS) is 1. The third-order valence-corrected chi connectivity index (χ3v) is 3.78. The van der Waals surface area contributed by atoms with Crippen LogP contribution in [0.25, 0.3) is 0 Å². The van der Waals surface area contributed by atoms with Gasteiger partial charge in [0, 0.05) is 0 Å². The van der Waals surface area contributed by atoms with Gasteiger partial charge < -0.3 is 9.84 Å². The zero-order valence-corrected chi connectivity index (χ0v) is 14.0. The van der Waals surface area contributed by atoms with Gasteiger partial charge in [-0.15, -0.1) is 0 Å². The van der Waals surface area contributed by atoms with Gasteiger partial charge in [-0.3, -0.25) is 9.59 Å². The van der Waals surface area contributed by atoms with E-state index in [0.717, 1.165) is 11.1 Å². The average Bonchev–Trinajstić information content (AvgIpc) is 2.64. The quantitative estimate of drug-likeness (QED) is 0.473. The largest absolute Gasteiger partial charge is 0.480 e. The third-order valence-electron chi connectivity index (χ3n) is 3.78. The Morgan fingerprint density at radius 2 is 1.32 bits per heavy atom. The lowest BCUT2D eigenvalue weighted by Crippen LogP contribution is -2.54. The van der Waals surface area contributed by atoms with Gasteiger partial charge in [-0.1, -0.05) is 60.7 Å². The number of carboxylic acids is 1. The number of hydrogen-bond donors (Lipinski definition) is 3. The normalized spacial score (nSPS) is 13.0. The van der Waals surface area contributed by atoms with Crippen LogP contribution in [-0.2, 0) is 27.2 Å². The molecule has 0 bridgehead atoms. The Balaban J connectivity index is 2.01. The van der Waals surface area contributed by atoms with E-state index in [2.05, 4.69) is 10.9 Å². The Hall–Kier alpha value is -2.70. The van der Waals surface area contributed by atoms with Crippen molar-refractivity contribution in [2.45, 2.75) is 24.9 Å². The molecule has 0 heterocycles. The molecular weight excluding hydrogens is 320 g/mol. The lowest BCUT2D eigenvalue weighted by molar-refractivity contribution is -0.145. The highest BCUT2D eigenvalue weighted by Gasteiger charge is 2.23. The molecule has 25 heavy (non-hydrogen) atoms. The van der Waals surface area contributed by atoms with Crippen molar-refractivity contribution in [3.05, 3.63) is 71.8 Å². The first-order valence-electron chi connectivity index (χ1n) is 7.99. The number of aliphatic carboxylic acids is 1. The van der Waals surface area contributed by atoms with Crippen LogP contribution in [0, 0.1) is 0 Å². The highest BCUT2D eigenvalue weighted by atomic mass is 16.5. The maximum Gasteiger partial charge on any atom is 0.324 e. The molecular formula is C19H22N2O4. The Labute approximate surface area is 146 Å². The molecule has 3 N–H and O–H groups in total. The van der Waals surface area contributed by atoms with Crippen molar-refractivity contribution in [3.63, 3.8) is 0 Å². The van der Waals surface area contributed by atoms with E-state index in [1.165, 1.54) is 7.11 Å². The summed E-state index contributed by atoms with van der Waals surface area (Å²) in [6, 6.07) is 17.2. The van der Waals surface area contributed by atoms with Gasteiger partial charge in [0.05, 0.1) is 7.11 Å². The van der Waals surface area contributed by atoms with E-state index in [-0.39, 0.29) is 0 Å². The van der Waals surface area contributed by atoms with Crippen molar-refractivity contribution in [2.24, 2.45) is 0 Å². The second kappa shape index (κ2) is 9.56. The van der Waals surface area contributed by atoms with Crippen LogP contribution in [-0.4, -0.2) is 36.2 Å². The van der Waals surface area contributed by atoms with Crippen LogP contribution in [0.15, 0.2) is 60.7 Å². The molecule has 2 aromatic rings. The molecule has 0 spiro atoms. The van der Waals surface area contributed by atoms with Crippen LogP contribution in [0.3, 0.4) is 0 Å². The molecule has 0 aliphatic carbocycles. The smallest absolute Gasteiger partial charge is 0.324 e. The summed E-state index contributed by atoms with van der Waals surface area (Å²) in [4.78, 5) is 23.5. The Morgan fingerprint density at radius 3 is 1.76 bits per heavy atom. The van der Waals surface area contributed by atoms with Gasteiger partial charge >= 0.3 is 11.9 Å². The second-order valence-electron chi connectivity index (χ2n) is 5.63. The minimum atomic E-state index is -1.00. The molecule has 0 aromatic heterocycles. The van der Waals surface area contributed by atoms with Gasteiger partial charge in [0.1, 0.15) is 12.1 Å². The number of rotatable bonds is 9. The number of ether oxygens (including phenoxy) is 1. The van der Waals surface area contributed by atoms with Crippen LogP contribution >= 0.6 is 0 Å². The first-order valence-corrected chi connectivity index (χ1v) is 7.99. The summed E-state index contributed by atoms with van der Waals surface area (Å²) in [6.45, 7) is 0. The Kier molecular flexibility index (Phi) is 7.13. The summed E-state index contributed by atoms with van der Waals surface area (Å²) >= 11 is 0. The minimum Gasteiger partial charge on any atom is -0.480 e. The fourth-order valence-electron chi connectivity index (χ4n) is 2.44. The van der Waals surface area contributed by atoms with Crippen molar-refractivity contribution in [1.82, 2.24) is 10.9 Å². The molecule has 0 unspecified atom stereocenters. The van der Waals surface area contributed by atoms with Gasteiger partial charge in [-0.25, -0.2) is 10.9 Å². The second-order valence-corrected chi connectivity index (χ2v) is 5.63. The van der Waals surface area contributed by atoms with Gasteiger partial charge in [0.25, 0.3) is 0 Å².